The van der Waals surface area contributed by atoms with Crippen molar-refractivity contribution in [2.24, 2.45) is 0 Å². The van der Waals surface area contributed by atoms with E-state index in [1.165, 1.54) is 5.69 Å². The predicted octanol–water partition coefficient (Wildman–Crippen LogP) is 6.44. The topological polar surface area (TPSA) is 15.7 Å². The molecule has 0 aliphatic rings. The first-order valence-corrected chi connectivity index (χ1v) is 12.7. The summed E-state index contributed by atoms with van der Waals surface area (Å²) >= 11 is 0. The second-order valence-electron chi connectivity index (χ2n) is 7.68. The van der Waals surface area contributed by atoms with Crippen molar-refractivity contribution in [2.75, 3.05) is 23.9 Å². The molecule has 140 valence electrons. The summed E-state index contributed by atoms with van der Waals surface area (Å²) < 4.78 is 6.04. The highest BCUT2D eigenvalue weighted by Gasteiger charge is 2.16. The third kappa shape index (κ3) is 4.92. The van der Waals surface area contributed by atoms with Crippen LogP contribution in [0.3, 0.4) is 0 Å². The molecule has 0 amide bonds. The Kier molecular flexibility index (Phi) is 5.56. The van der Waals surface area contributed by atoms with Gasteiger partial charge in [-0.05, 0) is 80.3 Å². The lowest BCUT2D eigenvalue weighted by molar-refractivity contribution is 0.558. The Balaban J connectivity index is 1.73. The molecule has 3 rings (SSSR count). The third-order valence-electron chi connectivity index (χ3n) is 4.42. The maximum absolute atomic E-state index is 6.04. The van der Waals surface area contributed by atoms with Crippen LogP contribution in [0, 0.1) is 0 Å². The summed E-state index contributed by atoms with van der Waals surface area (Å²) in [6.07, 6.45) is 0. The van der Waals surface area contributed by atoms with Gasteiger partial charge in [-0.25, -0.2) is 0 Å². The minimum absolute atomic E-state index is 0.950. The molecule has 0 spiro atoms. The molecule has 27 heavy (non-hydrogen) atoms. The van der Waals surface area contributed by atoms with Crippen LogP contribution in [0.1, 0.15) is 0 Å². The molecule has 0 fully saturated rings. The Morgan fingerprint density at radius 3 is 1.33 bits per heavy atom. The number of nitrogens with zero attached hydrogens (tertiary/aromatic N) is 2. The van der Waals surface area contributed by atoms with Crippen LogP contribution >= 0.6 is 0 Å². The van der Waals surface area contributed by atoms with Crippen molar-refractivity contribution in [3.05, 3.63) is 78.9 Å². The van der Waals surface area contributed by atoms with Gasteiger partial charge in [0.25, 0.3) is 0 Å². The van der Waals surface area contributed by atoms with Crippen LogP contribution in [-0.4, -0.2) is 22.4 Å². The highest BCUT2D eigenvalue weighted by Crippen LogP contribution is 2.29. The minimum Gasteiger partial charge on any atom is -0.544 e. The van der Waals surface area contributed by atoms with Crippen LogP contribution in [0.5, 0.6) is 5.75 Å². The van der Waals surface area contributed by atoms with Crippen LogP contribution < -0.4 is 14.2 Å². The average molecular weight is 377 g/mol. The summed E-state index contributed by atoms with van der Waals surface area (Å²) in [5.41, 5.74) is 4.63. The maximum Gasteiger partial charge on any atom is 0.242 e. The van der Waals surface area contributed by atoms with Gasteiger partial charge in [0.2, 0.25) is 8.32 Å². The van der Waals surface area contributed by atoms with E-state index >= 15 is 0 Å². The molecule has 0 saturated carbocycles. The number of hydrogen-bond acceptors (Lipinski definition) is 3. The summed E-state index contributed by atoms with van der Waals surface area (Å²) in [4.78, 5) is 4.37. The van der Waals surface area contributed by atoms with Gasteiger partial charge in [-0.2, -0.15) is 0 Å². The van der Waals surface area contributed by atoms with Gasteiger partial charge < -0.3 is 14.2 Å². The second kappa shape index (κ2) is 7.88. The van der Waals surface area contributed by atoms with Crippen molar-refractivity contribution < 1.29 is 4.43 Å². The van der Waals surface area contributed by atoms with Crippen LogP contribution in [0.2, 0.25) is 19.6 Å². The Bertz CT molecular complexity index is 856. The van der Waals surface area contributed by atoms with E-state index in [0.29, 0.717) is 0 Å². The zero-order valence-corrected chi connectivity index (χ0v) is 17.8. The lowest BCUT2D eigenvalue weighted by Crippen LogP contribution is -2.29. The molecule has 0 bridgehead atoms. The second-order valence-corrected chi connectivity index (χ2v) is 12.1. The third-order valence-corrected chi connectivity index (χ3v) is 5.26. The molecule has 0 radical (unpaired) electrons. The predicted molar refractivity (Wildman–Crippen MR) is 119 cm³/mol. The zero-order valence-electron chi connectivity index (χ0n) is 16.8. The van der Waals surface area contributed by atoms with Crippen molar-refractivity contribution in [3.8, 4) is 5.75 Å². The summed E-state index contributed by atoms with van der Waals surface area (Å²) in [6, 6.07) is 27.3. The van der Waals surface area contributed by atoms with E-state index in [9.17, 15) is 0 Å². The van der Waals surface area contributed by atoms with E-state index < -0.39 is 8.32 Å². The quantitative estimate of drug-likeness (QED) is 0.461. The normalized spacial score (nSPS) is 11.1. The van der Waals surface area contributed by atoms with Crippen molar-refractivity contribution >= 4 is 31.1 Å². The van der Waals surface area contributed by atoms with Gasteiger partial charge in [0.05, 0.1) is 0 Å². The van der Waals surface area contributed by atoms with E-state index in [0.717, 1.165) is 22.8 Å². The maximum atomic E-state index is 6.04. The average Bonchev–Trinajstić information content (AvgIpc) is 2.67. The summed E-state index contributed by atoms with van der Waals surface area (Å²) in [5.74, 6) is 0.950. The van der Waals surface area contributed by atoms with Crippen LogP contribution in [0.25, 0.3) is 0 Å². The molecule has 0 aliphatic carbocycles. The highest BCUT2D eigenvalue weighted by molar-refractivity contribution is 6.70. The van der Waals surface area contributed by atoms with Gasteiger partial charge in [0.1, 0.15) is 5.75 Å². The SMILES string of the molecule is CN(c1ccccc1)c1ccc(N(C)c2ccc(O[Si](C)(C)C)cc2)cc1. The molecular weight excluding hydrogens is 348 g/mol. The van der Waals surface area contributed by atoms with E-state index in [2.05, 4.69) is 116 Å². The number of rotatable bonds is 6. The fraction of sp³-hybridized carbons (Fsp3) is 0.217. The van der Waals surface area contributed by atoms with Gasteiger partial charge in [-0.15, -0.1) is 0 Å². The van der Waals surface area contributed by atoms with Crippen molar-refractivity contribution in [2.45, 2.75) is 19.6 Å². The van der Waals surface area contributed by atoms with Gasteiger partial charge in [0.15, 0.2) is 0 Å². The fourth-order valence-corrected chi connectivity index (χ4v) is 3.78. The molecule has 0 atom stereocenters. The standard InChI is InChI=1S/C23H28N2OSi/c1-24(19-9-7-6-8-10-19)20-11-13-21(14-12-20)25(2)22-15-17-23(18-16-22)26-27(3,4)5/h6-18H,1-5H3. The van der Waals surface area contributed by atoms with Crippen LogP contribution in [-0.2, 0) is 0 Å². The number of benzene rings is 3. The first kappa shape index (κ1) is 19.0. The molecule has 0 aliphatic heterocycles. The number of para-hydroxylation sites is 1. The van der Waals surface area contributed by atoms with E-state index in [1.54, 1.807) is 0 Å². The Labute approximate surface area is 164 Å². The van der Waals surface area contributed by atoms with Crippen molar-refractivity contribution in [1.82, 2.24) is 0 Å². The lowest BCUT2D eigenvalue weighted by Gasteiger charge is -2.24. The summed E-state index contributed by atoms with van der Waals surface area (Å²) in [7, 11) is 2.61. The molecule has 3 nitrogen and oxygen atoms in total. The molecule has 4 heteroatoms. The first-order valence-electron chi connectivity index (χ1n) is 9.25. The molecule has 0 unspecified atom stereocenters. The Hall–Kier alpha value is -2.72. The molecule has 0 heterocycles. The van der Waals surface area contributed by atoms with Crippen molar-refractivity contribution in [3.63, 3.8) is 0 Å². The van der Waals surface area contributed by atoms with Gasteiger partial charge in [-0.3, -0.25) is 0 Å². The number of hydrogen-bond donors (Lipinski definition) is 0. The minimum atomic E-state index is -1.57. The van der Waals surface area contributed by atoms with Gasteiger partial charge >= 0.3 is 0 Å². The highest BCUT2D eigenvalue weighted by atomic mass is 28.4. The number of anilines is 4. The first-order chi connectivity index (χ1) is 12.8. The van der Waals surface area contributed by atoms with E-state index in [4.69, 9.17) is 4.43 Å². The van der Waals surface area contributed by atoms with E-state index in [1.807, 2.05) is 6.07 Å². The fourth-order valence-electron chi connectivity index (χ4n) is 2.94. The molecule has 3 aromatic rings. The largest absolute Gasteiger partial charge is 0.544 e. The summed E-state index contributed by atoms with van der Waals surface area (Å²) in [5, 5.41) is 0. The lowest BCUT2D eigenvalue weighted by atomic mass is 10.2. The Morgan fingerprint density at radius 1 is 0.556 bits per heavy atom. The summed E-state index contributed by atoms with van der Waals surface area (Å²) in [6.45, 7) is 6.59. The molecule has 0 aromatic heterocycles. The van der Waals surface area contributed by atoms with Crippen LogP contribution in [0.15, 0.2) is 78.9 Å². The van der Waals surface area contributed by atoms with Gasteiger partial charge in [-0.1, -0.05) is 18.2 Å². The molecule has 0 saturated heterocycles. The smallest absolute Gasteiger partial charge is 0.242 e. The zero-order chi connectivity index (χ0) is 19.4. The van der Waals surface area contributed by atoms with Crippen molar-refractivity contribution in [1.29, 1.82) is 0 Å². The monoisotopic (exact) mass is 376 g/mol. The molecule has 0 N–H and O–H groups in total. The van der Waals surface area contributed by atoms with E-state index in [-0.39, 0.29) is 0 Å². The molecule has 3 aromatic carbocycles. The van der Waals surface area contributed by atoms with Crippen LogP contribution in [0.4, 0.5) is 22.7 Å². The van der Waals surface area contributed by atoms with Gasteiger partial charge in [0, 0.05) is 36.8 Å². The Morgan fingerprint density at radius 2 is 0.926 bits per heavy atom. The molecular formula is C23H28N2OSi.